The number of primary sulfonamides is 1. The first-order valence-electron chi connectivity index (χ1n) is 6.77. The third-order valence-electron chi connectivity index (χ3n) is 4.14. The van der Waals surface area contributed by atoms with Gasteiger partial charge in [-0.15, -0.1) is 0 Å². The Hall–Kier alpha value is -1.67. The summed E-state index contributed by atoms with van der Waals surface area (Å²) in [6.45, 7) is 5.57. The van der Waals surface area contributed by atoms with Crippen molar-refractivity contribution in [3.05, 3.63) is 28.3 Å². The summed E-state index contributed by atoms with van der Waals surface area (Å²) in [7, 11) is -4.13. The van der Waals surface area contributed by atoms with Crippen LogP contribution in [-0.2, 0) is 10.0 Å². The highest BCUT2D eigenvalue weighted by atomic mass is 32.2. The van der Waals surface area contributed by atoms with Crippen molar-refractivity contribution in [2.24, 2.45) is 17.0 Å². The number of rotatable bonds is 3. The van der Waals surface area contributed by atoms with Gasteiger partial charge >= 0.3 is 5.69 Å². The number of anilines is 1. The van der Waals surface area contributed by atoms with Crippen LogP contribution in [-0.4, -0.2) is 26.4 Å². The second kappa shape index (κ2) is 5.61. The quantitative estimate of drug-likeness (QED) is 0.675. The van der Waals surface area contributed by atoms with Crippen molar-refractivity contribution >= 4 is 21.4 Å². The maximum atomic E-state index is 11.6. The lowest BCUT2D eigenvalue weighted by atomic mass is 9.88. The number of nitro benzene ring substituents is 1. The first-order valence-corrected chi connectivity index (χ1v) is 8.31. The molecule has 0 amide bonds. The number of hydrogen-bond donors (Lipinski definition) is 1. The first kappa shape index (κ1) is 15.7. The Kier molecular flexibility index (Phi) is 4.20. The van der Waals surface area contributed by atoms with Crippen LogP contribution in [0.3, 0.4) is 0 Å². The zero-order chi connectivity index (χ0) is 15.8. The molecule has 0 spiro atoms. The number of hydrogen-bond acceptors (Lipinski definition) is 5. The van der Waals surface area contributed by atoms with E-state index in [0.717, 1.165) is 6.42 Å². The molecule has 7 nitrogen and oxygen atoms in total. The van der Waals surface area contributed by atoms with Crippen LogP contribution >= 0.6 is 0 Å². The number of nitrogens with two attached hydrogens (primary N) is 1. The summed E-state index contributed by atoms with van der Waals surface area (Å²) in [5, 5.41) is 16.4. The Morgan fingerprint density at radius 1 is 1.33 bits per heavy atom. The molecule has 0 radical (unpaired) electrons. The standard InChI is InChI=1S/C13H19N3O4S/c1-9-6-7-15(8-10(9)2)11-4-3-5-12(21(14,19)20)13(11)16(17)18/h3-5,9-10H,6-8H2,1-2H3,(H2,14,19,20). The van der Waals surface area contributed by atoms with E-state index in [1.165, 1.54) is 12.1 Å². The minimum Gasteiger partial charge on any atom is -0.366 e. The number of para-hydroxylation sites is 1. The van der Waals surface area contributed by atoms with Crippen LogP contribution in [0.5, 0.6) is 0 Å². The lowest BCUT2D eigenvalue weighted by molar-refractivity contribution is -0.387. The Morgan fingerprint density at radius 2 is 2.00 bits per heavy atom. The van der Waals surface area contributed by atoms with Crippen LogP contribution < -0.4 is 10.0 Å². The van der Waals surface area contributed by atoms with Crippen LogP contribution in [0.25, 0.3) is 0 Å². The summed E-state index contributed by atoms with van der Waals surface area (Å²) in [6.07, 6.45) is 0.915. The highest BCUT2D eigenvalue weighted by Gasteiger charge is 2.32. The molecule has 0 aliphatic carbocycles. The molecule has 1 saturated heterocycles. The average Bonchev–Trinajstić information content (AvgIpc) is 2.40. The van der Waals surface area contributed by atoms with Gasteiger partial charge in [0.05, 0.1) is 4.92 Å². The van der Waals surface area contributed by atoms with Gasteiger partial charge in [0.2, 0.25) is 10.0 Å². The van der Waals surface area contributed by atoms with Gasteiger partial charge in [-0.3, -0.25) is 10.1 Å². The predicted octanol–water partition coefficient (Wildman–Crippen LogP) is 1.72. The second-order valence-corrected chi connectivity index (χ2v) is 7.15. The van der Waals surface area contributed by atoms with Gasteiger partial charge in [0, 0.05) is 13.1 Å². The molecule has 2 N–H and O–H groups in total. The smallest absolute Gasteiger partial charge is 0.312 e. The van der Waals surface area contributed by atoms with Gasteiger partial charge in [0.25, 0.3) is 0 Å². The lowest BCUT2D eigenvalue weighted by Crippen LogP contribution is -2.38. The fourth-order valence-corrected chi connectivity index (χ4v) is 3.38. The van der Waals surface area contributed by atoms with E-state index >= 15 is 0 Å². The predicted molar refractivity (Wildman–Crippen MR) is 79.6 cm³/mol. The average molecular weight is 313 g/mol. The second-order valence-electron chi connectivity index (χ2n) is 5.62. The summed E-state index contributed by atoms with van der Waals surface area (Å²) in [4.78, 5) is 12.1. The molecule has 8 heteroatoms. The van der Waals surface area contributed by atoms with Gasteiger partial charge in [-0.1, -0.05) is 19.9 Å². The summed E-state index contributed by atoms with van der Waals surface area (Å²) in [5.74, 6) is 0.929. The summed E-state index contributed by atoms with van der Waals surface area (Å²) >= 11 is 0. The van der Waals surface area contributed by atoms with Crippen molar-refractivity contribution in [2.75, 3.05) is 18.0 Å². The Labute approximate surface area is 123 Å². The normalized spacial score (nSPS) is 23.1. The van der Waals surface area contributed by atoms with Crippen molar-refractivity contribution in [3.8, 4) is 0 Å². The molecule has 21 heavy (non-hydrogen) atoms. The molecule has 2 atom stereocenters. The van der Waals surface area contributed by atoms with Crippen LogP contribution in [0.15, 0.2) is 23.1 Å². The topological polar surface area (TPSA) is 107 Å². The van der Waals surface area contributed by atoms with Crippen LogP contribution in [0.4, 0.5) is 11.4 Å². The maximum absolute atomic E-state index is 11.6. The molecule has 2 rings (SSSR count). The summed E-state index contributed by atoms with van der Waals surface area (Å²) < 4.78 is 23.1. The van der Waals surface area contributed by atoms with E-state index in [0.29, 0.717) is 30.6 Å². The molecule has 1 aliphatic rings. The largest absolute Gasteiger partial charge is 0.366 e. The number of nitrogens with zero attached hydrogens (tertiary/aromatic N) is 2. The van der Waals surface area contributed by atoms with E-state index in [1.54, 1.807) is 6.07 Å². The van der Waals surface area contributed by atoms with Crippen molar-refractivity contribution in [3.63, 3.8) is 0 Å². The van der Waals surface area contributed by atoms with E-state index in [1.807, 2.05) is 4.90 Å². The van der Waals surface area contributed by atoms with Crippen molar-refractivity contribution < 1.29 is 13.3 Å². The zero-order valence-corrected chi connectivity index (χ0v) is 12.8. The maximum Gasteiger partial charge on any atom is 0.312 e. The van der Waals surface area contributed by atoms with E-state index in [4.69, 9.17) is 5.14 Å². The molecule has 2 unspecified atom stereocenters. The highest BCUT2D eigenvalue weighted by molar-refractivity contribution is 7.89. The first-order chi connectivity index (χ1) is 9.71. The number of benzene rings is 1. The van der Waals surface area contributed by atoms with Gasteiger partial charge in [-0.25, -0.2) is 13.6 Å². The van der Waals surface area contributed by atoms with E-state index in [-0.39, 0.29) is 0 Å². The molecule has 1 aromatic carbocycles. The Balaban J connectivity index is 2.52. The molecule has 116 valence electrons. The number of piperidine rings is 1. The zero-order valence-electron chi connectivity index (χ0n) is 12.0. The number of nitro groups is 1. The van der Waals surface area contributed by atoms with Crippen LogP contribution in [0.2, 0.25) is 0 Å². The molecule has 0 saturated carbocycles. The Morgan fingerprint density at radius 3 is 2.52 bits per heavy atom. The minimum absolute atomic E-state index is 0.324. The molecule has 0 bridgehead atoms. The SMILES string of the molecule is CC1CCN(c2cccc(S(N)(=O)=O)c2[N+](=O)[O-])CC1C. The fourth-order valence-electron chi connectivity index (χ4n) is 2.66. The minimum atomic E-state index is -4.13. The molecular weight excluding hydrogens is 294 g/mol. The van der Waals surface area contributed by atoms with Crippen molar-refractivity contribution in [1.82, 2.24) is 0 Å². The lowest BCUT2D eigenvalue weighted by Gasteiger charge is -2.36. The Bertz CT molecular complexity index is 659. The third-order valence-corrected chi connectivity index (χ3v) is 5.08. The molecule has 1 fully saturated rings. The van der Waals surface area contributed by atoms with E-state index in [2.05, 4.69) is 13.8 Å². The molecule has 1 aromatic rings. The van der Waals surface area contributed by atoms with Crippen LogP contribution in [0, 0.1) is 22.0 Å². The molecular formula is C13H19N3O4S. The third kappa shape index (κ3) is 3.16. The van der Waals surface area contributed by atoms with Crippen LogP contribution in [0.1, 0.15) is 20.3 Å². The van der Waals surface area contributed by atoms with Crippen molar-refractivity contribution in [2.45, 2.75) is 25.2 Å². The number of sulfonamides is 1. The van der Waals surface area contributed by atoms with E-state index in [9.17, 15) is 18.5 Å². The van der Waals surface area contributed by atoms with Gasteiger partial charge in [-0.2, -0.15) is 0 Å². The monoisotopic (exact) mass is 313 g/mol. The summed E-state index contributed by atoms with van der Waals surface area (Å²) in [5.41, 5.74) is -0.105. The van der Waals surface area contributed by atoms with Crippen molar-refractivity contribution in [1.29, 1.82) is 0 Å². The van der Waals surface area contributed by atoms with E-state index < -0.39 is 25.5 Å². The fraction of sp³-hybridized carbons (Fsp3) is 0.538. The van der Waals surface area contributed by atoms with Gasteiger partial charge in [0.1, 0.15) is 5.69 Å². The molecule has 1 aliphatic heterocycles. The molecule has 0 aromatic heterocycles. The highest BCUT2D eigenvalue weighted by Crippen LogP contribution is 2.36. The van der Waals surface area contributed by atoms with Gasteiger partial charge < -0.3 is 4.90 Å². The van der Waals surface area contributed by atoms with Gasteiger partial charge in [0.15, 0.2) is 4.90 Å². The molecule has 1 heterocycles. The van der Waals surface area contributed by atoms with Gasteiger partial charge in [-0.05, 0) is 30.4 Å². The summed E-state index contributed by atoms with van der Waals surface area (Å²) in [6, 6.07) is 4.24.